The van der Waals surface area contributed by atoms with E-state index in [1.54, 1.807) is 26.0 Å². The molecule has 3 aromatic rings. The van der Waals surface area contributed by atoms with Crippen molar-refractivity contribution in [3.63, 3.8) is 0 Å². The smallest absolute Gasteiger partial charge is 0.379 e. The molecule has 36 heavy (non-hydrogen) atoms. The van der Waals surface area contributed by atoms with Crippen LogP contribution < -0.4 is 0 Å². The molecular weight excluding hydrogens is 495 g/mol. The molecule has 2 heterocycles. The number of alkyl halides is 3. The SMILES string of the molecule is CC(C)(c1cnn[nH]1)N(CCN1CCOCC1)S(=O)(=O)c1ccc(-c2ccc(C(F)(F)F)cc2)cc1. The second-order valence-corrected chi connectivity index (χ2v) is 10.9. The summed E-state index contributed by atoms with van der Waals surface area (Å²) in [7, 11) is -3.96. The topological polar surface area (TPSA) is 91.4 Å². The van der Waals surface area contributed by atoms with Crippen molar-refractivity contribution in [3.8, 4) is 11.1 Å². The minimum absolute atomic E-state index is 0.0840. The maximum Gasteiger partial charge on any atom is 0.416 e. The van der Waals surface area contributed by atoms with E-state index >= 15 is 0 Å². The summed E-state index contributed by atoms with van der Waals surface area (Å²) in [4.78, 5) is 2.24. The molecule has 1 aromatic heterocycles. The van der Waals surface area contributed by atoms with Gasteiger partial charge in [0.2, 0.25) is 10.0 Å². The van der Waals surface area contributed by atoms with Gasteiger partial charge in [0, 0.05) is 26.2 Å². The van der Waals surface area contributed by atoms with Crippen LogP contribution in [0.5, 0.6) is 0 Å². The first-order valence-electron chi connectivity index (χ1n) is 11.5. The van der Waals surface area contributed by atoms with Gasteiger partial charge in [-0.05, 0) is 49.2 Å². The predicted molar refractivity (Wildman–Crippen MR) is 127 cm³/mol. The molecule has 1 fully saturated rings. The molecule has 0 atom stereocenters. The molecule has 8 nitrogen and oxygen atoms in total. The third-order valence-electron chi connectivity index (χ3n) is 6.41. The van der Waals surface area contributed by atoms with Gasteiger partial charge in [0.05, 0.1) is 41.1 Å². The molecule has 1 aliphatic rings. The molecule has 0 saturated carbocycles. The lowest BCUT2D eigenvalue weighted by atomic mass is 10.0. The van der Waals surface area contributed by atoms with Crippen molar-refractivity contribution in [3.05, 3.63) is 66.0 Å². The zero-order valence-electron chi connectivity index (χ0n) is 20.0. The monoisotopic (exact) mass is 523 g/mol. The Morgan fingerprint density at radius 2 is 1.58 bits per heavy atom. The van der Waals surface area contributed by atoms with Crippen molar-refractivity contribution >= 4 is 10.0 Å². The van der Waals surface area contributed by atoms with Crippen LogP contribution in [-0.4, -0.2) is 72.4 Å². The van der Waals surface area contributed by atoms with Crippen LogP contribution in [-0.2, 0) is 26.5 Å². The van der Waals surface area contributed by atoms with E-state index in [1.807, 2.05) is 0 Å². The van der Waals surface area contributed by atoms with Crippen LogP contribution in [0.3, 0.4) is 0 Å². The number of ether oxygens (including phenoxy) is 1. The number of H-pyrrole nitrogens is 1. The highest BCUT2D eigenvalue weighted by Crippen LogP contribution is 2.34. The van der Waals surface area contributed by atoms with Crippen molar-refractivity contribution in [1.29, 1.82) is 0 Å². The largest absolute Gasteiger partial charge is 0.416 e. The van der Waals surface area contributed by atoms with Crippen molar-refractivity contribution in [2.45, 2.75) is 30.5 Å². The fraction of sp³-hybridized carbons (Fsp3) is 0.417. The number of benzene rings is 2. The summed E-state index contributed by atoms with van der Waals surface area (Å²) in [5.41, 5.74) is 0.00614. The first kappa shape index (κ1) is 26.3. The van der Waals surface area contributed by atoms with E-state index in [1.165, 1.54) is 34.8 Å². The van der Waals surface area contributed by atoms with Crippen LogP contribution >= 0.6 is 0 Å². The number of aromatic nitrogens is 3. The van der Waals surface area contributed by atoms with Crippen LogP contribution in [0.25, 0.3) is 11.1 Å². The molecule has 12 heteroatoms. The Hall–Kier alpha value is -2.80. The summed E-state index contributed by atoms with van der Waals surface area (Å²) in [6, 6.07) is 10.9. The van der Waals surface area contributed by atoms with Gasteiger partial charge in [0.1, 0.15) is 0 Å². The van der Waals surface area contributed by atoms with E-state index in [9.17, 15) is 21.6 Å². The Labute approximate surface area is 208 Å². The minimum atomic E-state index is -4.42. The van der Waals surface area contributed by atoms with Crippen LogP contribution in [0.15, 0.2) is 59.6 Å². The lowest BCUT2D eigenvalue weighted by molar-refractivity contribution is -0.137. The molecule has 0 bridgehead atoms. The number of nitrogens with one attached hydrogen (secondary N) is 1. The molecule has 4 rings (SSSR count). The number of aromatic amines is 1. The molecule has 0 spiro atoms. The Kier molecular flexibility index (Phi) is 7.51. The third kappa shape index (κ3) is 5.61. The third-order valence-corrected chi connectivity index (χ3v) is 8.50. The standard InChI is InChI=1S/C24H28F3N5O3S/c1-23(2,22-17-28-30-29-22)32(12-11-31-13-15-35-16-14-31)36(33,34)21-9-5-19(6-10-21)18-3-7-20(8-4-18)24(25,26)27/h3-10,17H,11-16H2,1-2H3,(H,28,29,30). The normalized spacial score (nSPS) is 15.9. The number of hydrogen-bond acceptors (Lipinski definition) is 6. The summed E-state index contributed by atoms with van der Waals surface area (Å²) in [5.74, 6) is 0. The van der Waals surface area contributed by atoms with E-state index in [0.717, 1.165) is 25.2 Å². The van der Waals surface area contributed by atoms with Crippen LogP contribution in [0.4, 0.5) is 13.2 Å². The average molecular weight is 524 g/mol. The quantitative estimate of drug-likeness (QED) is 0.484. The molecule has 0 aliphatic carbocycles. The molecule has 0 unspecified atom stereocenters. The molecular formula is C24H28F3N5O3S. The number of hydrogen-bond donors (Lipinski definition) is 1. The average Bonchev–Trinajstić information content (AvgIpc) is 3.40. The van der Waals surface area contributed by atoms with E-state index in [-0.39, 0.29) is 11.4 Å². The number of halogens is 3. The maximum absolute atomic E-state index is 13.9. The van der Waals surface area contributed by atoms with Gasteiger partial charge in [-0.2, -0.15) is 17.5 Å². The molecule has 194 valence electrons. The van der Waals surface area contributed by atoms with Gasteiger partial charge < -0.3 is 4.74 Å². The summed E-state index contributed by atoms with van der Waals surface area (Å²) in [5, 5.41) is 10.4. The van der Waals surface area contributed by atoms with Crippen molar-refractivity contribution in [2.75, 3.05) is 39.4 Å². The number of sulfonamides is 1. The van der Waals surface area contributed by atoms with Crippen LogP contribution in [0.1, 0.15) is 25.1 Å². The van der Waals surface area contributed by atoms with Crippen LogP contribution in [0.2, 0.25) is 0 Å². The molecule has 1 N–H and O–H groups in total. The summed E-state index contributed by atoms with van der Waals surface area (Å²) in [6.07, 6.45) is -2.91. The zero-order chi connectivity index (χ0) is 26.0. The van der Waals surface area contributed by atoms with Crippen molar-refractivity contribution in [1.82, 2.24) is 24.6 Å². The number of nitrogens with zero attached hydrogens (tertiary/aromatic N) is 4. The Bertz CT molecular complexity index is 1240. The van der Waals surface area contributed by atoms with Gasteiger partial charge in [-0.1, -0.05) is 29.5 Å². The fourth-order valence-electron chi connectivity index (χ4n) is 4.18. The van der Waals surface area contributed by atoms with Gasteiger partial charge in [0.25, 0.3) is 0 Å². The molecule has 0 amide bonds. The highest BCUT2D eigenvalue weighted by Gasteiger charge is 2.40. The van der Waals surface area contributed by atoms with Gasteiger partial charge in [-0.15, -0.1) is 5.10 Å². The van der Waals surface area contributed by atoms with Crippen molar-refractivity contribution < 1.29 is 26.3 Å². The van der Waals surface area contributed by atoms with Crippen LogP contribution in [0, 0.1) is 0 Å². The Morgan fingerprint density at radius 1 is 1.00 bits per heavy atom. The minimum Gasteiger partial charge on any atom is -0.379 e. The Balaban J connectivity index is 1.61. The summed E-state index contributed by atoms with van der Waals surface area (Å²) in [6.45, 7) is 6.99. The first-order valence-corrected chi connectivity index (χ1v) is 12.9. The van der Waals surface area contributed by atoms with Gasteiger partial charge in [-0.25, -0.2) is 8.42 Å². The molecule has 1 saturated heterocycles. The lowest BCUT2D eigenvalue weighted by Crippen LogP contribution is -2.50. The highest BCUT2D eigenvalue weighted by atomic mass is 32.2. The fourth-order valence-corrected chi connectivity index (χ4v) is 5.94. The van der Waals surface area contributed by atoms with E-state index in [2.05, 4.69) is 20.3 Å². The van der Waals surface area contributed by atoms with E-state index in [4.69, 9.17) is 4.74 Å². The van der Waals surface area contributed by atoms with Crippen molar-refractivity contribution in [2.24, 2.45) is 0 Å². The van der Waals surface area contributed by atoms with E-state index < -0.39 is 27.3 Å². The lowest BCUT2D eigenvalue weighted by Gasteiger charge is -2.38. The zero-order valence-corrected chi connectivity index (χ0v) is 20.8. The maximum atomic E-state index is 13.9. The number of morpholine rings is 1. The predicted octanol–water partition coefficient (Wildman–Crippen LogP) is 3.75. The second kappa shape index (κ2) is 10.3. The molecule has 0 radical (unpaired) electrons. The summed E-state index contributed by atoms with van der Waals surface area (Å²) < 4.78 is 73.1. The van der Waals surface area contributed by atoms with Gasteiger partial charge in [0.15, 0.2) is 0 Å². The molecule has 1 aliphatic heterocycles. The Morgan fingerprint density at radius 3 is 2.11 bits per heavy atom. The highest BCUT2D eigenvalue weighted by molar-refractivity contribution is 7.89. The first-order chi connectivity index (χ1) is 17.0. The second-order valence-electron chi connectivity index (χ2n) is 9.06. The number of rotatable bonds is 8. The van der Waals surface area contributed by atoms with Gasteiger partial charge >= 0.3 is 6.18 Å². The molecule has 2 aromatic carbocycles. The van der Waals surface area contributed by atoms with Gasteiger partial charge in [-0.3, -0.25) is 10.00 Å². The van der Waals surface area contributed by atoms with E-state index in [0.29, 0.717) is 36.6 Å². The summed E-state index contributed by atoms with van der Waals surface area (Å²) >= 11 is 0.